The highest BCUT2D eigenvalue weighted by molar-refractivity contribution is 7.92. The third-order valence-corrected chi connectivity index (χ3v) is 5.79. The van der Waals surface area contributed by atoms with Gasteiger partial charge in [-0.05, 0) is 31.2 Å². The standard InChI is InChI=1S/C17H24FN5OS/c1-24-16-10-15-13(9-14(16)18)17(22-11-21-15)23-6-3-12(4-7-23)5-8-25(2,19)20/h9-12,19-20H,3-8H2,1-2H3. The number of hydrogen-bond acceptors (Lipinski definition) is 6. The Kier molecular flexibility index (Phi) is 5.08. The number of methoxy groups -OCH3 is 1. The SMILES string of the molecule is COc1cc2ncnc(N3CCC(CCS(C)(=N)=N)CC3)c2cc1F. The number of fused-ring (bicyclic) bond motifs is 1. The predicted molar refractivity (Wildman–Crippen MR) is 99.2 cm³/mol. The van der Waals surface area contributed by atoms with Crippen LogP contribution in [-0.4, -0.2) is 42.2 Å². The maximum absolute atomic E-state index is 14.1. The summed E-state index contributed by atoms with van der Waals surface area (Å²) < 4.78 is 34.6. The lowest BCUT2D eigenvalue weighted by Gasteiger charge is -2.33. The summed E-state index contributed by atoms with van der Waals surface area (Å²) in [7, 11) is -0.475. The monoisotopic (exact) mass is 365 g/mol. The molecule has 1 aliphatic heterocycles. The van der Waals surface area contributed by atoms with Gasteiger partial charge in [0.1, 0.15) is 12.1 Å². The van der Waals surface area contributed by atoms with E-state index < -0.39 is 15.4 Å². The molecule has 0 bridgehead atoms. The van der Waals surface area contributed by atoms with Gasteiger partial charge in [0, 0.05) is 36.6 Å². The zero-order chi connectivity index (χ0) is 18.0. The second-order valence-electron chi connectivity index (χ2n) is 6.71. The minimum Gasteiger partial charge on any atom is -0.494 e. The van der Waals surface area contributed by atoms with Gasteiger partial charge in [0.25, 0.3) is 0 Å². The maximum Gasteiger partial charge on any atom is 0.165 e. The van der Waals surface area contributed by atoms with Crippen LogP contribution in [0.15, 0.2) is 18.5 Å². The number of halogens is 1. The highest BCUT2D eigenvalue weighted by atomic mass is 32.2. The second-order valence-corrected chi connectivity index (χ2v) is 9.30. The zero-order valence-corrected chi connectivity index (χ0v) is 15.4. The molecule has 6 nitrogen and oxygen atoms in total. The Bertz CT molecular complexity index is 863. The zero-order valence-electron chi connectivity index (χ0n) is 14.6. The Morgan fingerprint density at radius 1 is 1.28 bits per heavy atom. The summed E-state index contributed by atoms with van der Waals surface area (Å²) in [6, 6.07) is 3.05. The topological polar surface area (TPSA) is 86.0 Å². The predicted octanol–water partition coefficient (Wildman–Crippen LogP) is 3.69. The van der Waals surface area contributed by atoms with Crippen LogP contribution in [0, 0.1) is 21.3 Å². The molecule has 0 spiro atoms. The highest BCUT2D eigenvalue weighted by Crippen LogP contribution is 2.31. The lowest BCUT2D eigenvalue weighted by atomic mass is 9.94. The van der Waals surface area contributed by atoms with Crippen LogP contribution in [0.25, 0.3) is 10.9 Å². The van der Waals surface area contributed by atoms with Crippen molar-refractivity contribution in [3.63, 3.8) is 0 Å². The molecule has 0 atom stereocenters. The van der Waals surface area contributed by atoms with E-state index in [9.17, 15) is 4.39 Å². The molecule has 1 aromatic carbocycles. The molecule has 1 aliphatic rings. The van der Waals surface area contributed by atoms with E-state index in [-0.39, 0.29) is 5.75 Å². The van der Waals surface area contributed by atoms with Crippen molar-refractivity contribution in [1.29, 1.82) is 9.56 Å². The first-order valence-corrected chi connectivity index (χ1v) is 10.6. The van der Waals surface area contributed by atoms with Crippen molar-refractivity contribution < 1.29 is 9.13 Å². The molecule has 3 rings (SSSR count). The van der Waals surface area contributed by atoms with E-state index in [1.807, 2.05) is 0 Å². The lowest BCUT2D eigenvalue weighted by molar-refractivity contribution is 0.387. The van der Waals surface area contributed by atoms with E-state index in [0.29, 0.717) is 22.6 Å². The number of ether oxygens (including phenoxy) is 1. The summed E-state index contributed by atoms with van der Waals surface area (Å²) in [6.07, 6.45) is 6.20. The number of rotatable bonds is 5. The van der Waals surface area contributed by atoms with Crippen LogP contribution in [0.5, 0.6) is 5.75 Å². The van der Waals surface area contributed by atoms with Crippen molar-refractivity contribution >= 4 is 26.3 Å². The fraction of sp³-hybridized carbons (Fsp3) is 0.529. The summed E-state index contributed by atoms with van der Waals surface area (Å²) in [4.78, 5) is 10.8. The molecular weight excluding hydrogens is 341 g/mol. The summed E-state index contributed by atoms with van der Waals surface area (Å²) in [6.45, 7) is 1.71. The number of piperidine rings is 1. The van der Waals surface area contributed by atoms with Crippen LogP contribution in [0.4, 0.5) is 10.2 Å². The first-order valence-electron chi connectivity index (χ1n) is 8.36. The van der Waals surface area contributed by atoms with Crippen LogP contribution in [0.1, 0.15) is 19.3 Å². The minimum absolute atomic E-state index is 0.187. The molecule has 8 heteroatoms. The molecule has 0 aliphatic carbocycles. The van der Waals surface area contributed by atoms with E-state index in [1.165, 1.54) is 19.5 Å². The number of nitrogens with one attached hydrogen (secondary N) is 2. The normalized spacial score (nSPS) is 16.4. The van der Waals surface area contributed by atoms with E-state index >= 15 is 0 Å². The van der Waals surface area contributed by atoms with E-state index in [2.05, 4.69) is 14.9 Å². The van der Waals surface area contributed by atoms with Crippen molar-refractivity contribution in [1.82, 2.24) is 9.97 Å². The first kappa shape index (κ1) is 17.8. The average Bonchev–Trinajstić information content (AvgIpc) is 2.59. The molecule has 2 N–H and O–H groups in total. The van der Waals surface area contributed by atoms with Crippen LogP contribution in [0.3, 0.4) is 0 Å². The number of anilines is 1. The Morgan fingerprint density at radius 2 is 2.00 bits per heavy atom. The van der Waals surface area contributed by atoms with Crippen LogP contribution in [0.2, 0.25) is 0 Å². The van der Waals surface area contributed by atoms with Gasteiger partial charge in [0.2, 0.25) is 0 Å². The number of hydrogen-bond donors (Lipinski definition) is 2. The van der Waals surface area contributed by atoms with Crippen molar-refractivity contribution in [2.45, 2.75) is 19.3 Å². The third kappa shape index (κ3) is 4.18. The molecule has 1 saturated heterocycles. The second kappa shape index (κ2) is 7.11. The smallest absolute Gasteiger partial charge is 0.165 e. The first-order chi connectivity index (χ1) is 11.9. The Hall–Kier alpha value is -1.96. The van der Waals surface area contributed by atoms with Crippen LogP contribution in [-0.2, 0) is 9.62 Å². The molecule has 0 radical (unpaired) electrons. The van der Waals surface area contributed by atoms with Gasteiger partial charge in [-0.3, -0.25) is 9.56 Å². The van der Waals surface area contributed by atoms with Crippen LogP contribution >= 0.6 is 0 Å². The Morgan fingerprint density at radius 3 is 2.64 bits per heavy atom. The van der Waals surface area contributed by atoms with E-state index in [1.54, 1.807) is 12.3 Å². The van der Waals surface area contributed by atoms with Crippen molar-refractivity contribution in [2.24, 2.45) is 5.92 Å². The van der Waals surface area contributed by atoms with Crippen LogP contribution < -0.4 is 9.64 Å². The molecule has 1 fully saturated rings. The molecule has 0 unspecified atom stereocenters. The van der Waals surface area contributed by atoms with Crippen molar-refractivity contribution in [2.75, 3.05) is 37.1 Å². The van der Waals surface area contributed by atoms with Crippen molar-refractivity contribution in [3.8, 4) is 5.75 Å². The largest absolute Gasteiger partial charge is 0.494 e. The minimum atomic E-state index is -1.92. The van der Waals surface area contributed by atoms with Gasteiger partial charge >= 0.3 is 0 Å². The average molecular weight is 365 g/mol. The van der Waals surface area contributed by atoms with Gasteiger partial charge in [-0.25, -0.2) is 14.4 Å². The van der Waals surface area contributed by atoms with Gasteiger partial charge in [0.15, 0.2) is 11.6 Å². The molecule has 25 heavy (non-hydrogen) atoms. The van der Waals surface area contributed by atoms with Gasteiger partial charge in [0.05, 0.1) is 12.6 Å². The Balaban J connectivity index is 1.76. The molecular formula is C17H24FN5OS. The summed E-state index contributed by atoms with van der Waals surface area (Å²) in [5.74, 6) is 1.78. The summed E-state index contributed by atoms with van der Waals surface area (Å²) in [5.41, 5.74) is 0.674. The number of nitrogens with zero attached hydrogens (tertiary/aromatic N) is 3. The fourth-order valence-electron chi connectivity index (χ4n) is 3.29. The van der Waals surface area contributed by atoms with Crippen molar-refractivity contribution in [3.05, 3.63) is 24.3 Å². The molecule has 0 amide bonds. The quantitative estimate of drug-likeness (QED) is 0.846. The van der Waals surface area contributed by atoms with Gasteiger partial charge in [-0.15, -0.1) is 0 Å². The number of aromatic nitrogens is 2. The molecule has 1 aromatic heterocycles. The highest BCUT2D eigenvalue weighted by Gasteiger charge is 2.22. The van der Waals surface area contributed by atoms with E-state index in [0.717, 1.165) is 38.2 Å². The summed E-state index contributed by atoms with van der Waals surface area (Å²) >= 11 is 0. The molecule has 0 saturated carbocycles. The van der Waals surface area contributed by atoms with Gasteiger partial charge in [-0.1, -0.05) is 9.62 Å². The molecule has 2 aromatic rings. The molecule has 2 heterocycles. The number of benzene rings is 1. The van der Waals surface area contributed by atoms with Gasteiger partial charge < -0.3 is 9.64 Å². The maximum atomic E-state index is 14.1. The fourth-order valence-corrected chi connectivity index (χ4v) is 4.09. The summed E-state index contributed by atoms with van der Waals surface area (Å²) in [5, 5.41) is 0.702. The van der Waals surface area contributed by atoms with Gasteiger partial charge in [-0.2, -0.15) is 0 Å². The van der Waals surface area contributed by atoms with E-state index in [4.69, 9.17) is 14.3 Å². The molecule has 136 valence electrons. The third-order valence-electron chi connectivity index (χ3n) is 4.74. The lowest BCUT2D eigenvalue weighted by Crippen LogP contribution is -2.34. The Labute approximate surface area is 147 Å².